The Balaban J connectivity index is 2.86. The smallest absolute Gasteiger partial charge is 0.422 e. The molecule has 0 aliphatic heterocycles. The van der Waals surface area contributed by atoms with Crippen LogP contribution >= 0.6 is 0 Å². The summed E-state index contributed by atoms with van der Waals surface area (Å²) in [4.78, 5) is 3.86. The molecule has 9 heteroatoms. The van der Waals surface area contributed by atoms with E-state index in [1.165, 1.54) is 19.4 Å². The molecule has 1 heterocycles. The molecule has 23 heavy (non-hydrogen) atoms. The molecule has 1 aromatic rings. The Hall–Kier alpha value is -1.19. The average molecular weight is 354 g/mol. The van der Waals surface area contributed by atoms with Crippen molar-refractivity contribution in [3.63, 3.8) is 0 Å². The minimum absolute atomic E-state index is 0.0851. The molecule has 0 aliphatic rings. The van der Waals surface area contributed by atoms with E-state index >= 15 is 0 Å². The number of hydrogen-bond acceptors (Lipinski definition) is 5. The Morgan fingerprint density at radius 1 is 1.35 bits per heavy atom. The highest BCUT2D eigenvalue weighted by atomic mass is 32.2. The van der Waals surface area contributed by atoms with Gasteiger partial charge in [0.1, 0.15) is 4.75 Å². The predicted octanol–water partition coefficient (Wildman–Crippen LogP) is 3.14. The molecule has 0 aliphatic carbocycles. The molecular weight excluding hydrogens is 333 g/mol. The maximum Gasteiger partial charge on any atom is 0.422 e. The summed E-state index contributed by atoms with van der Waals surface area (Å²) in [6.45, 7) is 5.81. The molecule has 2 atom stereocenters. The largest absolute Gasteiger partial charge is 0.598 e. The third-order valence-corrected chi connectivity index (χ3v) is 4.45. The molecule has 5 nitrogen and oxygen atoms in total. The molecule has 0 amide bonds. The average Bonchev–Trinajstić information content (AvgIpc) is 2.42. The highest BCUT2D eigenvalue weighted by Crippen LogP contribution is 2.29. The first-order valence-electron chi connectivity index (χ1n) is 6.85. The summed E-state index contributed by atoms with van der Waals surface area (Å²) >= 11 is -1.30. The lowest BCUT2D eigenvalue weighted by Crippen LogP contribution is -2.40. The second-order valence-corrected chi connectivity index (χ2v) is 7.90. The fraction of sp³-hybridized carbons (Fsp3) is 0.643. The first-order valence-corrected chi connectivity index (χ1v) is 8.00. The van der Waals surface area contributed by atoms with Gasteiger partial charge in [0, 0.05) is 17.6 Å². The second-order valence-electron chi connectivity index (χ2n) is 5.90. The van der Waals surface area contributed by atoms with E-state index in [9.17, 15) is 17.7 Å². The number of pyridine rings is 1. The lowest BCUT2D eigenvalue weighted by Gasteiger charge is -2.26. The third-order valence-electron chi connectivity index (χ3n) is 2.77. The number of rotatable bonds is 6. The zero-order valence-corrected chi connectivity index (χ0v) is 14.5. The van der Waals surface area contributed by atoms with E-state index in [1.54, 1.807) is 6.92 Å². The standard InChI is InChI=1S/C14H21F3N2O3S/c1-9(19-23(20)13(2,3)4)10-6-11(21-5)12(18-7-10)22-8-14(15,16)17/h6-7,9,19H,8H2,1-5H3/t9-,23-/m1/s1. The molecule has 1 aromatic heterocycles. The van der Waals surface area contributed by atoms with Gasteiger partial charge in [0.2, 0.25) is 0 Å². The van der Waals surface area contributed by atoms with Crippen molar-refractivity contribution in [1.29, 1.82) is 0 Å². The zero-order chi connectivity index (χ0) is 17.8. The van der Waals surface area contributed by atoms with Crippen LogP contribution in [0.2, 0.25) is 0 Å². The van der Waals surface area contributed by atoms with Crippen molar-refractivity contribution < 1.29 is 27.2 Å². The minimum Gasteiger partial charge on any atom is -0.598 e. The molecule has 0 saturated heterocycles. The lowest BCUT2D eigenvalue weighted by molar-refractivity contribution is -0.154. The van der Waals surface area contributed by atoms with Crippen LogP contribution in [0.15, 0.2) is 12.3 Å². The van der Waals surface area contributed by atoms with Crippen molar-refractivity contribution in [2.45, 2.75) is 44.7 Å². The van der Waals surface area contributed by atoms with E-state index in [4.69, 9.17) is 4.74 Å². The summed E-state index contributed by atoms with van der Waals surface area (Å²) in [5, 5.41) is 0. The fourth-order valence-electron chi connectivity index (χ4n) is 1.49. The Morgan fingerprint density at radius 2 is 1.96 bits per heavy atom. The number of ether oxygens (including phenoxy) is 2. The van der Waals surface area contributed by atoms with Crippen LogP contribution in [-0.4, -0.2) is 34.2 Å². The van der Waals surface area contributed by atoms with Crippen molar-refractivity contribution in [2.24, 2.45) is 0 Å². The first kappa shape index (κ1) is 19.9. The SMILES string of the molecule is COc1cc([C@@H](C)N[S@+]([O-])C(C)(C)C)cnc1OCC(F)(F)F. The Labute approximate surface area is 136 Å². The number of alkyl halides is 3. The van der Waals surface area contributed by atoms with Gasteiger partial charge in [-0.15, -0.1) is 4.72 Å². The van der Waals surface area contributed by atoms with Crippen molar-refractivity contribution in [1.82, 2.24) is 9.71 Å². The van der Waals surface area contributed by atoms with Crippen LogP contribution in [-0.2, 0) is 11.4 Å². The van der Waals surface area contributed by atoms with Crippen LogP contribution in [0, 0.1) is 0 Å². The van der Waals surface area contributed by atoms with Gasteiger partial charge in [-0.05, 0) is 39.3 Å². The molecule has 132 valence electrons. The maximum atomic E-state index is 12.2. The third kappa shape index (κ3) is 6.44. The van der Waals surface area contributed by atoms with E-state index < -0.39 is 28.9 Å². The van der Waals surface area contributed by atoms with Gasteiger partial charge in [-0.3, -0.25) is 0 Å². The topological polar surface area (TPSA) is 66.4 Å². The van der Waals surface area contributed by atoms with Gasteiger partial charge in [-0.1, -0.05) is 0 Å². The summed E-state index contributed by atoms with van der Waals surface area (Å²) in [6.07, 6.45) is -3.09. The monoisotopic (exact) mass is 354 g/mol. The van der Waals surface area contributed by atoms with E-state index in [1.807, 2.05) is 20.8 Å². The number of halogens is 3. The summed E-state index contributed by atoms with van der Waals surface area (Å²) in [7, 11) is 1.31. The van der Waals surface area contributed by atoms with E-state index in [-0.39, 0.29) is 17.7 Å². The molecule has 1 rings (SSSR count). The van der Waals surface area contributed by atoms with E-state index in [0.717, 1.165) is 0 Å². The summed E-state index contributed by atoms with van der Waals surface area (Å²) < 4.78 is 60.8. The molecule has 0 radical (unpaired) electrons. The van der Waals surface area contributed by atoms with Gasteiger partial charge in [-0.2, -0.15) is 13.2 Å². The van der Waals surface area contributed by atoms with Crippen molar-refractivity contribution in [3.8, 4) is 11.6 Å². The van der Waals surface area contributed by atoms with Gasteiger partial charge in [-0.25, -0.2) is 4.98 Å². The zero-order valence-electron chi connectivity index (χ0n) is 13.7. The number of nitrogens with zero attached hydrogens (tertiary/aromatic N) is 1. The van der Waals surface area contributed by atoms with Crippen LogP contribution < -0.4 is 14.2 Å². The lowest BCUT2D eigenvalue weighted by atomic mass is 10.1. The minimum atomic E-state index is -4.45. The highest BCUT2D eigenvalue weighted by Gasteiger charge is 2.30. The summed E-state index contributed by atoms with van der Waals surface area (Å²) in [5.74, 6) is -0.153. The van der Waals surface area contributed by atoms with Crippen molar-refractivity contribution in [3.05, 3.63) is 17.8 Å². The number of nitrogens with one attached hydrogen (secondary N) is 1. The fourth-order valence-corrected chi connectivity index (χ4v) is 2.30. The Kier molecular flexibility index (Phi) is 6.55. The number of hydrogen-bond donors (Lipinski definition) is 1. The molecule has 0 bridgehead atoms. The summed E-state index contributed by atoms with van der Waals surface area (Å²) in [5.41, 5.74) is 0.624. The maximum absolute atomic E-state index is 12.2. The van der Waals surface area contributed by atoms with Crippen LogP contribution in [0.1, 0.15) is 39.3 Å². The Morgan fingerprint density at radius 3 is 2.43 bits per heavy atom. The molecule has 0 unspecified atom stereocenters. The van der Waals surface area contributed by atoms with Crippen LogP contribution in [0.25, 0.3) is 0 Å². The molecule has 0 aromatic carbocycles. The number of methoxy groups -OCH3 is 1. The highest BCUT2D eigenvalue weighted by molar-refractivity contribution is 7.90. The van der Waals surface area contributed by atoms with Gasteiger partial charge >= 0.3 is 6.18 Å². The van der Waals surface area contributed by atoms with E-state index in [0.29, 0.717) is 5.56 Å². The molecular formula is C14H21F3N2O3S. The van der Waals surface area contributed by atoms with Crippen molar-refractivity contribution >= 4 is 11.4 Å². The summed E-state index contributed by atoms with van der Waals surface area (Å²) in [6, 6.07) is 1.18. The van der Waals surface area contributed by atoms with Crippen molar-refractivity contribution in [2.75, 3.05) is 13.7 Å². The van der Waals surface area contributed by atoms with Gasteiger partial charge < -0.3 is 14.0 Å². The van der Waals surface area contributed by atoms with E-state index in [2.05, 4.69) is 14.4 Å². The predicted molar refractivity (Wildman–Crippen MR) is 81.8 cm³/mol. The van der Waals surface area contributed by atoms with Crippen LogP contribution in [0.4, 0.5) is 13.2 Å². The second kappa shape index (κ2) is 7.59. The molecule has 0 saturated carbocycles. The van der Waals surface area contributed by atoms with Gasteiger partial charge in [0.25, 0.3) is 5.88 Å². The van der Waals surface area contributed by atoms with Gasteiger partial charge in [0.15, 0.2) is 12.4 Å². The molecule has 0 fully saturated rings. The van der Waals surface area contributed by atoms with Crippen LogP contribution in [0.5, 0.6) is 11.6 Å². The van der Waals surface area contributed by atoms with Gasteiger partial charge in [0.05, 0.1) is 13.2 Å². The molecule has 0 spiro atoms. The molecule has 1 N–H and O–H groups in total. The Bertz CT molecular complexity index is 521. The van der Waals surface area contributed by atoms with Crippen LogP contribution in [0.3, 0.4) is 0 Å². The normalized spacial score (nSPS) is 15.2. The number of aromatic nitrogens is 1. The first-order chi connectivity index (χ1) is 10.4. The quantitative estimate of drug-likeness (QED) is 0.795.